The summed E-state index contributed by atoms with van der Waals surface area (Å²) < 4.78 is 31.7. The molecular formula is C20H24N2O5S. The van der Waals surface area contributed by atoms with E-state index in [-0.39, 0.29) is 29.7 Å². The van der Waals surface area contributed by atoms with Gasteiger partial charge >= 0.3 is 5.97 Å². The SMILES string of the molecule is Cc1ccc(COC(=O)CNC(=O)c2ccc(S(=O)(=O)NC(C)C)cc2)cc1. The lowest BCUT2D eigenvalue weighted by molar-refractivity contribution is -0.143. The van der Waals surface area contributed by atoms with Crippen LogP contribution in [0.2, 0.25) is 0 Å². The average molecular weight is 404 g/mol. The molecule has 0 aliphatic carbocycles. The van der Waals surface area contributed by atoms with E-state index in [0.29, 0.717) is 0 Å². The van der Waals surface area contributed by atoms with Crippen LogP contribution in [0.1, 0.15) is 35.3 Å². The minimum absolute atomic E-state index is 0.0651. The third-order valence-electron chi connectivity index (χ3n) is 3.73. The fourth-order valence-corrected chi connectivity index (χ4v) is 3.57. The van der Waals surface area contributed by atoms with E-state index in [1.807, 2.05) is 31.2 Å². The molecule has 2 aromatic carbocycles. The van der Waals surface area contributed by atoms with Crippen LogP contribution in [0.3, 0.4) is 0 Å². The summed E-state index contributed by atoms with van der Waals surface area (Å²) in [4.78, 5) is 24.0. The van der Waals surface area contributed by atoms with Gasteiger partial charge in [0.05, 0.1) is 4.90 Å². The van der Waals surface area contributed by atoms with Crippen molar-refractivity contribution in [3.05, 3.63) is 65.2 Å². The van der Waals surface area contributed by atoms with Crippen molar-refractivity contribution in [2.24, 2.45) is 0 Å². The number of amides is 1. The Morgan fingerprint density at radius 3 is 2.18 bits per heavy atom. The first-order valence-corrected chi connectivity index (χ1v) is 10.3. The van der Waals surface area contributed by atoms with Gasteiger partial charge in [-0.05, 0) is 50.6 Å². The molecule has 28 heavy (non-hydrogen) atoms. The predicted molar refractivity (Wildman–Crippen MR) is 105 cm³/mol. The van der Waals surface area contributed by atoms with E-state index in [2.05, 4.69) is 10.0 Å². The summed E-state index contributed by atoms with van der Waals surface area (Å²) in [6, 6.07) is 12.8. The molecule has 0 aliphatic heterocycles. The van der Waals surface area contributed by atoms with Crippen molar-refractivity contribution in [1.29, 1.82) is 0 Å². The molecule has 0 heterocycles. The number of carbonyl (C=O) groups is 2. The molecule has 2 rings (SSSR count). The van der Waals surface area contributed by atoms with Crippen molar-refractivity contribution in [1.82, 2.24) is 10.0 Å². The van der Waals surface area contributed by atoms with Crippen LogP contribution >= 0.6 is 0 Å². The maximum absolute atomic E-state index is 12.1. The van der Waals surface area contributed by atoms with E-state index >= 15 is 0 Å². The second kappa shape index (κ2) is 9.48. The summed E-state index contributed by atoms with van der Waals surface area (Å²) in [7, 11) is -3.62. The molecule has 2 N–H and O–H groups in total. The number of sulfonamides is 1. The smallest absolute Gasteiger partial charge is 0.325 e. The third kappa shape index (κ3) is 6.47. The number of ether oxygens (including phenoxy) is 1. The van der Waals surface area contributed by atoms with Gasteiger partial charge in [0.1, 0.15) is 13.2 Å². The predicted octanol–water partition coefficient (Wildman–Crippen LogP) is 2.15. The van der Waals surface area contributed by atoms with Crippen molar-refractivity contribution < 1.29 is 22.7 Å². The second-order valence-corrected chi connectivity index (χ2v) is 8.34. The van der Waals surface area contributed by atoms with E-state index < -0.39 is 21.9 Å². The molecule has 7 nitrogen and oxygen atoms in total. The van der Waals surface area contributed by atoms with Crippen LogP contribution in [0.25, 0.3) is 0 Å². The van der Waals surface area contributed by atoms with Gasteiger partial charge in [-0.15, -0.1) is 0 Å². The molecule has 0 aliphatic rings. The lowest BCUT2D eigenvalue weighted by Crippen LogP contribution is -2.31. The first-order chi connectivity index (χ1) is 13.2. The molecule has 150 valence electrons. The normalized spacial score (nSPS) is 11.3. The summed E-state index contributed by atoms with van der Waals surface area (Å²) >= 11 is 0. The van der Waals surface area contributed by atoms with Gasteiger partial charge in [-0.2, -0.15) is 0 Å². The molecule has 0 spiro atoms. The Kier molecular flexibility index (Phi) is 7.31. The quantitative estimate of drug-likeness (QED) is 0.657. The summed E-state index contributed by atoms with van der Waals surface area (Å²) in [6.07, 6.45) is 0. The lowest BCUT2D eigenvalue weighted by Gasteiger charge is -2.10. The zero-order valence-corrected chi connectivity index (χ0v) is 16.9. The summed E-state index contributed by atoms with van der Waals surface area (Å²) in [6.45, 7) is 5.26. The number of nitrogens with one attached hydrogen (secondary N) is 2. The molecule has 0 bridgehead atoms. The number of aryl methyl sites for hydroxylation is 1. The van der Waals surface area contributed by atoms with Crippen LogP contribution in [0.4, 0.5) is 0 Å². The van der Waals surface area contributed by atoms with Gasteiger partial charge in [0, 0.05) is 11.6 Å². The minimum atomic E-state index is -3.62. The summed E-state index contributed by atoms with van der Waals surface area (Å²) in [5.74, 6) is -1.05. The number of hydrogen-bond donors (Lipinski definition) is 2. The van der Waals surface area contributed by atoms with Crippen molar-refractivity contribution in [3.8, 4) is 0 Å². The zero-order chi connectivity index (χ0) is 20.7. The maximum atomic E-state index is 12.1. The van der Waals surface area contributed by atoms with Gasteiger partial charge in [0.15, 0.2) is 0 Å². The van der Waals surface area contributed by atoms with Crippen molar-refractivity contribution in [2.75, 3.05) is 6.54 Å². The molecule has 0 saturated carbocycles. The van der Waals surface area contributed by atoms with Gasteiger partial charge in [-0.3, -0.25) is 9.59 Å². The van der Waals surface area contributed by atoms with Crippen molar-refractivity contribution in [2.45, 2.75) is 38.3 Å². The molecule has 0 aromatic heterocycles. The van der Waals surface area contributed by atoms with Crippen LogP contribution in [-0.2, 0) is 26.2 Å². The molecule has 2 aromatic rings. The number of hydrogen-bond acceptors (Lipinski definition) is 5. The molecular weight excluding hydrogens is 380 g/mol. The van der Waals surface area contributed by atoms with E-state index in [1.54, 1.807) is 13.8 Å². The van der Waals surface area contributed by atoms with Crippen molar-refractivity contribution >= 4 is 21.9 Å². The Morgan fingerprint density at radius 2 is 1.61 bits per heavy atom. The molecule has 0 fully saturated rings. The lowest BCUT2D eigenvalue weighted by atomic mass is 10.2. The molecule has 0 radical (unpaired) electrons. The average Bonchev–Trinajstić information content (AvgIpc) is 2.64. The first kappa shape index (κ1) is 21.6. The molecule has 1 amide bonds. The molecule has 0 unspecified atom stereocenters. The Morgan fingerprint density at radius 1 is 1.00 bits per heavy atom. The van der Waals surface area contributed by atoms with E-state index in [4.69, 9.17) is 4.74 Å². The van der Waals surface area contributed by atoms with Crippen LogP contribution < -0.4 is 10.0 Å². The van der Waals surface area contributed by atoms with Gasteiger partial charge in [0.25, 0.3) is 5.91 Å². The zero-order valence-electron chi connectivity index (χ0n) is 16.1. The number of rotatable bonds is 8. The number of benzene rings is 2. The third-order valence-corrected chi connectivity index (χ3v) is 5.41. The molecule has 0 saturated heterocycles. The van der Waals surface area contributed by atoms with Crippen molar-refractivity contribution in [3.63, 3.8) is 0 Å². The van der Waals surface area contributed by atoms with Crippen LogP contribution in [-0.4, -0.2) is 32.9 Å². The van der Waals surface area contributed by atoms with Crippen LogP contribution in [0.5, 0.6) is 0 Å². The largest absolute Gasteiger partial charge is 0.460 e. The highest BCUT2D eigenvalue weighted by atomic mass is 32.2. The fourth-order valence-electron chi connectivity index (χ4n) is 2.32. The number of carbonyl (C=O) groups excluding carboxylic acids is 2. The standard InChI is InChI=1S/C20H24N2O5S/c1-14(2)22-28(25,26)18-10-8-17(9-11-18)20(24)21-12-19(23)27-13-16-6-4-15(3)5-7-16/h4-11,14,22H,12-13H2,1-3H3,(H,21,24). The Labute approximate surface area is 165 Å². The minimum Gasteiger partial charge on any atom is -0.460 e. The van der Waals surface area contributed by atoms with E-state index in [9.17, 15) is 18.0 Å². The Hall–Kier alpha value is -2.71. The summed E-state index contributed by atoms with van der Waals surface area (Å²) in [5, 5.41) is 2.46. The van der Waals surface area contributed by atoms with Gasteiger partial charge in [-0.25, -0.2) is 13.1 Å². The fraction of sp³-hybridized carbons (Fsp3) is 0.300. The van der Waals surface area contributed by atoms with Crippen LogP contribution in [0, 0.1) is 6.92 Å². The van der Waals surface area contributed by atoms with Gasteiger partial charge in [0.2, 0.25) is 10.0 Å². The highest BCUT2D eigenvalue weighted by Crippen LogP contribution is 2.11. The first-order valence-electron chi connectivity index (χ1n) is 8.79. The van der Waals surface area contributed by atoms with Gasteiger partial charge in [-0.1, -0.05) is 29.8 Å². The monoisotopic (exact) mass is 404 g/mol. The number of esters is 1. The van der Waals surface area contributed by atoms with E-state index in [1.165, 1.54) is 24.3 Å². The Bertz CT molecular complexity index is 920. The topological polar surface area (TPSA) is 102 Å². The van der Waals surface area contributed by atoms with Gasteiger partial charge < -0.3 is 10.1 Å². The molecule has 8 heteroatoms. The van der Waals surface area contributed by atoms with Crippen LogP contribution in [0.15, 0.2) is 53.4 Å². The highest BCUT2D eigenvalue weighted by molar-refractivity contribution is 7.89. The highest BCUT2D eigenvalue weighted by Gasteiger charge is 2.16. The van der Waals surface area contributed by atoms with E-state index in [0.717, 1.165) is 11.1 Å². The maximum Gasteiger partial charge on any atom is 0.325 e. The molecule has 0 atom stereocenters. The second-order valence-electron chi connectivity index (χ2n) is 6.63. The summed E-state index contributed by atoms with van der Waals surface area (Å²) in [5.41, 5.74) is 2.22. The Balaban J connectivity index is 1.85.